The van der Waals surface area contributed by atoms with Crippen LogP contribution in [0.4, 0.5) is 11.9 Å². The molecule has 0 aromatic carbocycles. The molecule has 0 aliphatic rings. The molecule has 0 atom stereocenters. The van der Waals surface area contributed by atoms with E-state index < -0.39 is 0 Å². The zero-order chi connectivity index (χ0) is 13.4. The Kier molecular flexibility index (Phi) is 6.74. The molecule has 0 unspecified atom stereocenters. The maximum absolute atomic E-state index is 4.32. The van der Waals surface area contributed by atoms with E-state index in [1.165, 1.54) is 11.8 Å². The van der Waals surface area contributed by atoms with Crippen LogP contribution in [0.5, 0.6) is 0 Å². The predicted octanol–water partition coefficient (Wildman–Crippen LogP) is 1.39. The third-order valence-corrected chi connectivity index (χ3v) is 3.17. The third-order valence-electron chi connectivity index (χ3n) is 2.63. The molecule has 7 heteroatoms. The summed E-state index contributed by atoms with van der Waals surface area (Å²) in [4.78, 5) is 15.2. The number of hydrogen-bond acceptors (Lipinski definition) is 7. The molecule has 6 nitrogen and oxygen atoms in total. The Hall–Kier alpha value is -1.08. The average molecular weight is 270 g/mol. The fourth-order valence-corrected chi connectivity index (χ4v) is 1.86. The van der Waals surface area contributed by atoms with Gasteiger partial charge in [-0.1, -0.05) is 25.6 Å². The van der Waals surface area contributed by atoms with Crippen molar-refractivity contribution in [1.29, 1.82) is 0 Å². The fourth-order valence-electron chi connectivity index (χ4n) is 1.50. The van der Waals surface area contributed by atoms with Crippen LogP contribution in [-0.2, 0) is 0 Å². The summed E-state index contributed by atoms with van der Waals surface area (Å²) in [6.45, 7) is 8.28. The second kappa shape index (κ2) is 8.10. The van der Waals surface area contributed by atoms with Crippen LogP contribution in [0.2, 0.25) is 0 Å². The monoisotopic (exact) mass is 270 g/mol. The molecule has 0 saturated heterocycles. The van der Waals surface area contributed by atoms with Crippen LogP contribution in [0.25, 0.3) is 0 Å². The lowest BCUT2D eigenvalue weighted by atomic mass is 10.4. The average Bonchev–Trinajstić information content (AvgIpc) is 2.43. The summed E-state index contributed by atoms with van der Waals surface area (Å²) in [6.07, 6.45) is 1.95. The summed E-state index contributed by atoms with van der Waals surface area (Å²) in [5.41, 5.74) is 0. The Labute approximate surface area is 113 Å². The van der Waals surface area contributed by atoms with Gasteiger partial charge < -0.3 is 15.5 Å². The van der Waals surface area contributed by atoms with E-state index >= 15 is 0 Å². The minimum absolute atomic E-state index is 0.597. The Balaban J connectivity index is 2.55. The number of nitrogens with one attached hydrogen (secondary N) is 2. The SMILES string of the molecule is CCN(CC)CCNc1nc(NC)nc(SC)n1. The molecule has 102 valence electrons. The van der Waals surface area contributed by atoms with Gasteiger partial charge in [-0.3, -0.25) is 0 Å². The Morgan fingerprint density at radius 2 is 1.78 bits per heavy atom. The molecule has 1 aromatic heterocycles. The van der Waals surface area contributed by atoms with Gasteiger partial charge in [0.2, 0.25) is 11.9 Å². The van der Waals surface area contributed by atoms with E-state index in [2.05, 4.69) is 44.3 Å². The van der Waals surface area contributed by atoms with E-state index in [1.807, 2.05) is 6.26 Å². The van der Waals surface area contributed by atoms with Crippen LogP contribution < -0.4 is 10.6 Å². The molecule has 1 heterocycles. The second-order valence-electron chi connectivity index (χ2n) is 3.67. The Morgan fingerprint density at radius 1 is 1.11 bits per heavy atom. The van der Waals surface area contributed by atoms with Crippen LogP contribution >= 0.6 is 11.8 Å². The first-order valence-corrected chi connectivity index (χ1v) is 7.40. The summed E-state index contributed by atoms with van der Waals surface area (Å²) in [5, 5.41) is 6.90. The number of likely N-dealkylation sites (N-methyl/N-ethyl adjacent to an activating group) is 1. The lowest BCUT2D eigenvalue weighted by Crippen LogP contribution is -2.29. The van der Waals surface area contributed by atoms with Gasteiger partial charge in [0, 0.05) is 20.1 Å². The van der Waals surface area contributed by atoms with Gasteiger partial charge in [-0.2, -0.15) is 15.0 Å². The molecule has 0 aliphatic carbocycles. The Morgan fingerprint density at radius 3 is 2.33 bits per heavy atom. The van der Waals surface area contributed by atoms with Crippen molar-refractivity contribution in [2.24, 2.45) is 0 Å². The number of hydrogen-bond donors (Lipinski definition) is 2. The number of aromatic nitrogens is 3. The highest BCUT2D eigenvalue weighted by Gasteiger charge is 2.05. The number of nitrogens with zero attached hydrogens (tertiary/aromatic N) is 4. The predicted molar refractivity (Wildman–Crippen MR) is 77.4 cm³/mol. The zero-order valence-electron chi connectivity index (χ0n) is 11.5. The van der Waals surface area contributed by atoms with Crippen molar-refractivity contribution in [2.75, 3.05) is 50.1 Å². The van der Waals surface area contributed by atoms with Crippen molar-refractivity contribution in [3.05, 3.63) is 0 Å². The lowest BCUT2D eigenvalue weighted by Gasteiger charge is -2.18. The van der Waals surface area contributed by atoms with Gasteiger partial charge in [0.25, 0.3) is 0 Å². The van der Waals surface area contributed by atoms with Crippen molar-refractivity contribution in [1.82, 2.24) is 19.9 Å². The van der Waals surface area contributed by atoms with Crippen LogP contribution in [0.1, 0.15) is 13.8 Å². The maximum atomic E-state index is 4.32. The molecule has 0 bridgehead atoms. The molecule has 1 aromatic rings. The van der Waals surface area contributed by atoms with Gasteiger partial charge in [0.05, 0.1) is 0 Å². The quantitative estimate of drug-likeness (QED) is 0.692. The molecule has 2 N–H and O–H groups in total. The smallest absolute Gasteiger partial charge is 0.228 e. The van der Waals surface area contributed by atoms with Crippen LogP contribution in [0.15, 0.2) is 5.16 Å². The highest BCUT2D eigenvalue weighted by molar-refractivity contribution is 7.98. The number of rotatable bonds is 8. The minimum Gasteiger partial charge on any atom is -0.357 e. The van der Waals surface area contributed by atoms with Crippen molar-refractivity contribution >= 4 is 23.7 Å². The first-order valence-electron chi connectivity index (χ1n) is 6.17. The van der Waals surface area contributed by atoms with Gasteiger partial charge in [0.15, 0.2) is 5.16 Å². The fraction of sp³-hybridized carbons (Fsp3) is 0.727. The van der Waals surface area contributed by atoms with Crippen molar-refractivity contribution in [2.45, 2.75) is 19.0 Å². The van der Waals surface area contributed by atoms with Gasteiger partial charge in [-0.25, -0.2) is 0 Å². The van der Waals surface area contributed by atoms with E-state index in [-0.39, 0.29) is 0 Å². The highest BCUT2D eigenvalue weighted by atomic mass is 32.2. The summed E-state index contributed by atoms with van der Waals surface area (Å²) in [5.74, 6) is 1.23. The van der Waals surface area contributed by atoms with E-state index in [0.29, 0.717) is 11.9 Å². The van der Waals surface area contributed by atoms with E-state index in [0.717, 1.165) is 31.3 Å². The van der Waals surface area contributed by atoms with Gasteiger partial charge in [-0.05, 0) is 19.3 Å². The van der Waals surface area contributed by atoms with Gasteiger partial charge in [-0.15, -0.1) is 0 Å². The third kappa shape index (κ3) is 4.66. The molecule has 1 rings (SSSR count). The molecule has 0 radical (unpaired) electrons. The standard InChI is InChI=1S/C11H22N6S/c1-5-17(6-2)8-7-13-10-14-9(12-3)15-11(16-10)18-4/h5-8H2,1-4H3,(H2,12,13,14,15,16). The molecular weight excluding hydrogens is 248 g/mol. The molecule has 0 aliphatic heterocycles. The first kappa shape index (κ1) is 15.0. The van der Waals surface area contributed by atoms with Gasteiger partial charge >= 0.3 is 0 Å². The van der Waals surface area contributed by atoms with E-state index in [1.54, 1.807) is 7.05 Å². The molecule has 0 saturated carbocycles. The Bertz CT molecular complexity index is 333. The van der Waals surface area contributed by atoms with Crippen molar-refractivity contribution < 1.29 is 0 Å². The highest BCUT2D eigenvalue weighted by Crippen LogP contribution is 2.12. The zero-order valence-corrected chi connectivity index (χ0v) is 12.3. The maximum Gasteiger partial charge on any atom is 0.228 e. The topological polar surface area (TPSA) is 66.0 Å². The van der Waals surface area contributed by atoms with Crippen molar-refractivity contribution in [3.63, 3.8) is 0 Å². The summed E-state index contributed by atoms with van der Waals surface area (Å²) < 4.78 is 0. The van der Waals surface area contributed by atoms with Gasteiger partial charge in [0.1, 0.15) is 0 Å². The molecule has 18 heavy (non-hydrogen) atoms. The summed E-state index contributed by atoms with van der Waals surface area (Å²) >= 11 is 1.51. The molecule has 0 spiro atoms. The summed E-state index contributed by atoms with van der Waals surface area (Å²) in [6, 6.07) is 0. The summed E-state index contributed by atoms with van der Waals surface area (Å²) in [7, 11) is 1.80. The first-order chi connectivity index (χ1) is 8.73. The van der Waals surface area contributed by atoms with Crippen LogP contribution in [-0.4, -0.2) is 59.3 Å². The lowest BCUT2D eigenvalue weighted by molar-refractivity contribution is 0.315. The number of anilines is 2. The van der Waals surface area contributed by atoms with Crippen molar-refractivity contribution in [3.8, 4) is 0 Å². The largest absolute Gasteiger partial charge is 0.357 e. The normalized spacial score (nSPS) is 10.7. The van der Waals surface area contributed by atoms with Crippen LogP contribution in [0, 0.1) is 0 Å². The molecule has 0 amide bonds. The molecule has 0 fully saturated rings. The minimum atomic E-state index is 0.597. The van der Waals surface area contributed by atoms with E-state index in [4.69, 9.17) is 0 Å². The van der Waals surface area contributed by atoms with E-state index in [9.17, 15) is 0 Å². The number of thioether (sulfide) groups is 1. The van der Waals surface area contributed by atoms with Crippen LogP contribution in [0.3, 0.4) is 0 Å². The molecular formula is C11H22N6S. The second-order valence-corrected chi connectivity index (χ2v) is 4.45.